The Morgan fingerprint density at radius 3 is 1.88 bits per heavy atom. The third-order valence-electron chi connectivity index (χ3n) is 6.43. The van der Waals surface area contributed by atoms with Crippen molar-refractivity contribution < 1.29 is 40.7 Å². The number of nitrogens with zero attached hydrogens (tertiary/aromatic N) is 2. The van der Waals surface area contributed by atoms with Crippen molar-refractivity contribution in [3.05, 3.63) is 90.0 Å². The molecule has 0 bridgehead atoms. The maximum atomic E-state index is 13.8. The molecule has 1 N–H and O–H groups in total. The zero-order valence-electron chi connectivity index (χ0n) is 22.1. The highest BCUT2D eigenvalue weighted by atomic mass is 32.2. The molecule has 4 rings (SSSR count). The summed E-state index contributed by atoms with van der Waals surface area (Å²) < 4.78 is 65.5. The summed E-state index contributed by atoms with van der Waals surface area (Å²) in [6, 6.07) is 17.2. The SMILES string of the molecule is COC(=O)c1ccc(C(=O)OC)c(NC(=O)[C@@H]2CN(S(=O)(=O)c3ccccc3)CCN2S(=O)(=O)c2ccccc2)c1. The van der Waals surface area contributed by atoms with Crippen LogP contribution in [-0.4, -0.2) is 83.2 Å². The van der Waals surface area contributed by atoms with Crippen molar-refractivity contribution in [1.29, 1.82) is 0 Å². The van der Waals surface area contributed by atoms with Crippen molar-refractivity contribution in [3.8, 4) is 0 Å². The topological polar surface area (TPSA) is 156 Å². The molecule has 1 aliphatic rings. The highest BCUT2D eigenvalue weighted by molar-refractivity contribution is 7.89. The van der Waals surface area contributed by atoms with Crippen molar-refractivity contribution >= 4 is 43.6 Å². The fourth-order valence-corrected chi connectivity index (χ4v) is 7.38. The molecule has 0 aliphatic carbocycles. The number of amides is 1. The molecule has 0 spiro atoms. The molecule has 14 heteroatoms. The van der Waals surface area contributed by atoms with Crippen LogP contribution in [0.2, 0.25) is 0 Å². The number of methoxy groups -OCH3 is 2. The van der Waals surface area contributed by atoms with Crippen LogP contribution in [0.5, 0.6) is 0 Å². The van der Waals surface area contributed by atoms with Gasteiger partial charge in [-0.15, -0.1) is 0 Å². The lowest BCUT2D eigenvalue weighted by Crippen LogP contribution is -2.60. The molecular formula is C27H27N3O9S2. The first-order valence-corrected chi connectivity index (χ1v) is 15.1. The van der Waals surface area contributed by atoms with Gasteiger partial charge in [0.15, 0.2) is 0 Å². The van der Waals surface area contributed by atoms with E-state index in [9.17, 15) is 31.2 Å². The summed E-state index contributed by atoms with van der Waals surface area (Å²) in [7, 11) is -6.05. The fourth-order valence-electron chi connectivity index (χ4n) is 4.33. The summed E-state index contributed by atoms with van der Waals surface area (Å²) in [5.41, 5.74) is -0.262. The van der Waals surface area contributed by atoms with Crippen molar-refractivity contribution in [1.82, 2.24) is 8.61 Å². The molecule has 216 valence electrons. The number of rotatable bonds is 8. The number of esters is 2. The summed E-state index contributed by atoms with van der Waals surface area (Å²) in [4.78, 5) is 38.2. The van der Waals surface area contributed by atoms with E-state index >= 15 is 0 Å². The number of carbonyl (C=O) groups is 3. The Kier molecular flexibility index (Phi) is 8.87. The number of nitrogens with one attached hydrogen (secondary N) is 1. The normalized spacial score (nSPS) is 16.5. The number of sulfonamides is 2. The van der Waals surface area contributed by atoms with Crippen LogP contribution >= 0.6 is 0 Å². The van der Waals surface area contributed by atoms with Crippen LogP contribution in [0.1, 0.15) is 20.7 Å². The second kappa shape index (κ2) is 12.2. The summed E-state index contributed by atoms with van der Waals surface area (Å²) in [5, 5.41) is 2.51. The molecule has 12 nitrogen and oxygen atoms in total. The summed E-state index contributed by atoms with van der Waals surface area (Å²) >= 11 is 0. The van der Waals surface area contributed by atoms with Crippen LogP contribution in [0, 0.1) is 0 Å². The van der Waals surface area contributed by atoms with Crippen molar-refractivity contribution in [2.75, 3.05) is 39.2 Å². The Labute approximate surface area is 237 Å². The van der Waals surface area contributed by atoms with E-state index in [0.717, 1.165) is 22.8 Å². The number of piperazine rings is 1. The first-order valence-electron chi connectivity index (χ1n) is 12.2. The second-order valence-corrected chi connectivity index (χ2v) is 12.7. The predicted molar refractivity (Wildman–Crippen MR) is 147 cm³/mol. The number of anilines is 1. The quantitative estimate of drug-likeness (QED) is 0.381. The first kappa shape index (κ1) is 29.9. The molecule has 0 aromatic heterocycles. The molecule has 1 saturated heterocycles. The molecule has 41 heavy (non-hydrogen) atoms. The molecule has 1 atom stereocenters. The van der Waals surface area contributed by atoms with Crippen molar-refractivity contribution in [3.63, 3.8) is 0 Å². The van der Waals surface area contributed by atoms with E-state index in [1.807, 2.05) is 0 Å². The van der Waals surface area contributed by atoms with Crippen LogP contribution in [0.3, 0.4) is 0 Å². The zero-order valence-corrected chi connectivity index (χ0v) is 23.7. The van der Waals surface area contributed by atoms with Crippen molar-refractivity contribution in [2.24, 2.45) is 0 Å². The Morgan fingerprint density at radius 2 is 1.32 bits per heavy atom. The van der Waals surface area contributed by atoms with Crippen LogP contribution in [0.15, 0.2) is 88.7 Å². The van der Waals surface area contributed by atoms with Gasteiger partial charge in [-0.05, 0) is 42.5 Å². The number of carbonyl (C=O) groups excluding carboxylic acids is 3. The van der Waals surface area contributed by atoms with E-state index in [0.29, 0.717) is 0 Å². The van der Waals surface area contributed by atoms with Gasteiger partial charge in [-0.1, -0.05) is 36.4 Å². The average Bonchev–Trinajstić information content (AvgIpc) is 3.00. The van der Waals surface area contributed by atoms with E-state index in [4.69, 9.17) is 9.47 Å². The average molecular weight is 602 g/mol. The largest absolute Gasteiger partial charge is 0.465 e. The molecule has 1 amide bonds. The number of ether oxygens (including phenoxy) is 2. The van der Waals surface area contributed by atoms with Gasteiger partial charge in [0.05, 0.1) is 40.8 Å². The van der Waals surface area contributed by atoms with Gasteiger partial charge < -0.3 is 14.8 Å². The maximum Gasteiger partial charge on any atom is 0.339 e. The molecule has 0 unspecified atom stereocenters. The minimum atomic E-state index is -4.25. The molecular weight excluding hydrogens is 574 g/mol. The van der Waals surface area contributed by atoms with E-state index in [-0.39, 0.29) is 39.7 Å². The standard InChI is InChI=1S/C27H27N3O9S2/c1-38-26(32)19-13-14-22(27(33)39-2)23(17-19)28-25(31)24-18-29(40(34,35)20-9-5-3-6-10-20)15-16-30(24)41(36,37)21-11-7-4-8-12-21/h3-14,17,24H,15-16,18H2,1-2H3,(H,28,31)/t24-/m0/s1. The minimum Gasteiger partial charge on any atom is -0.465 e. The third-order valence-corrected chi connectivity index (χ3v) is 10.2. The van der Waals surface area contributed by atoms with Crippen LogP contribution in [0.25, 0.3) is 0 Å². The molecule has 0 saturated carbocycles. The molecule has 3 aromatic rings. The predicted octanol–water partition coefficient (Wildman–Crippen LogP) is 1.96. The minimum absolute atomic E-state index is 0.00106. The maximum absolute atomic E-state index is 13.8. The highest BCUT2D eigenvalue weighted by Gasteiger charge is 2.43. The van der Waals surface area contributed by atoms with E-state index in [2.05, 4.69) is 5.32 Å². The van der Waals surface area contributed by atoms with Gasteiger partial charge in [0.25, 0.3) is 0 Å². The van der Waals surface area contributed by atoms with Crippen LogP contribution in [-0.2, 0) is 34.3 Å². The molecule has 1 fully saturated rings. The molecule has 1 heterocycles. The van der Waals surface area contributed by atoms with Gasteiger partial charge in [-0.25, -0.2) is 26.4 Å². The second-order valence-electron chi connectivity index (χ2n) is 8.85. The first-order chi connectivity index (χ1) is 19.5. The highest BCUT2D eigenvalue weighted by Crippen LogP contribution is 2.27. The van der Waals surface area contributed by atoms with Gasteiger partial charge in [0, 0.05) is 19.6 Å². The molecule has 0 radical (unpaired) electrons. The van der Waals surface area contributed by atoms with Gasteiger partial charge in [0.2, 0.25) is 26.0 Å². The summed E-state index contributed by atoms with van der Waals surface area (Å²) in [6.45, 7) is -1.05. The Hall–Kier alpha value is -4.11. The monoisotopic (exact) mass is 601 g/mol. The van der Waals surface area contributed by atoms with Crippen LogP contribution in [0.4, 0.5) is 5.69 Å². The lowest BCUT2D eigenvalue weighted by Gasteiger charge is -2.39. The number of benzene rings is 3. The van der Waals surface area contributed by atoms with Crippen LogP contribution < -0.4 is 5.32 Å². The molecule has 3 aromatic carbocycles. The zero-order chi connectivity index (χ0) is 29.8. The Balaban J connectivity index is 1.76. The summed E-state index contributed by atoms with van der Waals surface area (Å²) in [6.07, 6.45) is 0. The van der Waals surface area contributed by atoms with Gasteiger partial charge in [-0.2, -0.15) is 8.61 Å². The smallest absolute Gasteiger partial charge is 0.339 e. The number of hydrogen-bond donors (Lipinski definition) is 1. The van der Waals surface area contributed by atoms with E-state index in [1.165, 1.54) is 54.6 Å². The lowest BCUT2D eigenvalue weighted by molar-refractivity contribution is -0.120. The van der Waals surface area contributed by atoms with Gasteiger partial charge >= 0.3 is 11.9 Å². The Bertz CT molecular complexity index is 1660. The van der Waals surface area contributed by atoms with Crippen molar-refractivity contribution in [2.45, 2.75) is 15.8 Å². The van der Waals surface area contributed by atoms with E-state index < -0.39 is 50.5 Å². The van der Waals surface area contributed by atoms with Gasteiger partial charge in [0.1, 0.15) is 6.04 Å². The van der Waals surface area contributed by atoms with Gasteiger partial charge in [-0.3, -0.25) is 4.79 Å². The number of hydrogen-bond acceptors (Lipinski definition) is 9. The molecule has 1 aliphatic heterocycles. The third kappa shape index (κ3) is 6.15. The summed E-state index contributed by atoms with van der Waals surface area (Å²) in [5.74, 6) is -2.50. The lowest BCUT2D eigenvalue weighted by atomic mass is 10.1. The Morgan fingerprint density at radius 1 is 0.756 bits per heavy atom. The van der Waals surface area contributed by atoms with E-state index in [1.54, 1.807) is 24.3 Å². The fraction of sp³-hybridized carbons (Fsp3) is 0.222.